The SMILES string of the molecule is CC1COC(c2cc(F)c(C(F)(F)Oc3ccc(C4COC(c5cc(F)c(F)c(F)c5)OC4)c(F)c3)c(F)c2)OC1. The van der Waals surface area contributed by atoms with Gasteiger partial charge in [0.1, 0.15) is 28.8 Å². The molecular formula is C28H22F8O5. The topological polar surface area (TPSA) is 46.2 Å². The van der Waals surface area contributed by atoms with Crippen molar-refractivity contribution in [3.63, 3.8) is 0 Å². The van der Waals surface area contributed by atoms with E-state index >= 15 is 0 Å². The van der Waals surface area contributed by atoms with Crippen molar-refractivity contribution < 1.29 is 58.8 Å². The molecule has 0 saturated carbocycles. The lowest BCUT2D eigenvalue weighted by Crippen LogP contribution is -2.28. The summed E-state index contributed by atoms with van der Waals surface area (Å²) in [5, 5.41) is 0. The molecule has 2 saturated heterocycles. The Morgan fingerprint density at radius 3 is 1.66 bits per heavy atom. The largest absolute Gasteiger partial charge is 0.432 e. The van der Waals surface area contributed by atoms with E-state index in [-0.39, 0.29) is 49.0 Å². The lowest BCUT2D eigenvalue weighted by Gasteiger charge is -2.30. The normalized spacial score (nSPS) is 23.4. The molecular weight excluding hydrogens is 568 g/mol. The highest BCUT2D eigenvalue weighted by atomic mass is 19.3. The highest BCUT2D eigenvalue weighted by Crippen LogP contribution is 2.39. The molecule has 0 aliphatic carbocycles. The van der Waals surface area contributed by atoms with E-state index in [2.05, 4.69) is 4.74 Å². The van der Waals surface area contributed by atoms with E-state index in [4.69, 9.17) is 18.9 Å². The molecule has 13 heteroatoms. The van der Waals surface area contributed by atoms with Gasteiger partial charge in [-0.2, -0.15) is 8.78 Å². The lowest BCUT2D eigenvalue weighted by atomic mass is 9.99. The summed E-state index contributed by atoms with van der Waals surface area (Å²) < 4.78 is 140. The van der Waals surface area contributed by atoms with E-state index in [9.17, 15) is 35.1 Å². The molecule has 220 valence electrons. The number of hydrogen-bond donors (Lipinski definition) is 0. The highest BCUT2D eigenvalue weighted by Gasteiger charge is 2.42. The van der Waals surface area contributed by atoms with Crippen LogP contribution in [0.3, 0.4) is 0 Å². The summed E-state index contributed by atoms with van der Waals surface area (Å²) in [6.07, 6.45) is -6.90. The Bertz CT molecular complexity index is 1370. The van der Waals surface area contributed by atoms with Crippen molar-refractivity contribution in [2.75, 3.05) is 26.4 Å². The second-order valence-electron chi connectivity index (χ2n) is 9.76. The van der Waals surface area contributed by atoms with E-state index < -0.39 is 70.8 Å². The first kappa shape index (κ1) is 29.2. The van der Waals surface area contributed by atoms with Crippen molar-refractivity contribution in [2.45, 2.75) is 31.5 Å². The monoisotopic (exact) mass is 590 g/mol. The fourth-order valence-electron chi connectivity index (χ4n) is 4.49. The Hall–Kier alpha value is -3.26. The molecule has 0 radical (unpaired) electrons. The third-order valence-electron chi connectivity index (χ3n) is 6.53. The molecule has 41 heavy (non-hydrogen) atoms. The lowest BCUT2D eigenvalue weighted by molar-refractivity contribution is -0.203. The van der Waals surface area contributed by atoms with Gasteiger partial charge in [0.25, 0.3) is 0 Å². The zero-order chi connectivity index (χ0) is 29.5. The van der Waals surface area contributed by atoms with Gasteiger partial charge in [0, 0.05) is 29.0 Å². The van der Waals surface area contributed by atoms with Crippen LogP contribution < -0.4 is 4.74 Å². The van der Waals surface area contributed by atoms with Gasteiger partial charge in [-0.25, -0.2) is 26.3 Å². The first-order valence-electron chi connectivity index (χ1n) is 12.4. The van der Waals surface area contributed by atoms with Crippen LogP contribution in [-0.2, 0) is 25.1 Å². The van der Waals surface area contributed by atoms with E-state index in [1.807, 2.05) is 6.92 Å². The zero-order valence-electron chi connectivity index (χ0n) is 21.2. The maximum absolute atomic E-state index is 14.9. The van der Waals surface area contributed by atoms with Crippen LogP contribution in [0.25, 0.3) is 0 Å². The third-order valence-corrected chi connectivity index (χ3v) is 6.53. The van der Waals surface area contributed by atoms with Gasteiger partial charge in [-0.3, -0.25) is 0 Å². The first-order chi connectivity index (χ1) is 19.4. The van der Waals surface area contributed by atoms with Gasteiger partial charge < -0.3 is 23.7 Å². The number of rotatable bonds is 6. The van der Waals surface area contributed by atoms with E-state index in [0.29, 0.717) is 30.3 Å². The minimum absolute atomic E-state index is 0.0286. The fourth-order valence-corrected chi connectivity index (χ4v) is 4.49. The number of ether oxygens (including phenoxy) is 5. The Balaban J connectivity index is 1.26. The number of hydrogen-bond acceptors (Lipinski definition) is 5. The zero-order valence-corrected chi connectivity index (χ0v) is 21.2. The van der Waals surface area contributed by atoms with Gasteiger partial charge in [-0.1, -0.05) is 13.0 Å². The van der Waals surface area contributed by atoms with Crippen LogP contribution in [0.15, 0.2) is 42.5 Å². The summed E-state index contributed by atoms with van der Waals surface area (Å²) in [5.41, 5.74) is -1.97. The molecule has 0 spiro atoms. The van der Waals surface area contributed by atoms with Gasteiger partial charge in [-0.15, -0.1) is 0 Å². The molecule has 0 bridgehead atoms. The quantitative estimate of drug-likeness (QED) is 0.225. The standard InChI is InChI=1S/C28H22F8O5/c1-13-9-37-26(38-10-13)14-4-20(30)24(21(31)5-14)28(35,36)41-17-2-3-18(19(29)8-17)16-11-39-27(40-12-16)15-6-22(32)25(34)23(33)7-15/h2-8,13,16,26-27H,9-12H2,1H3. The Kier molecular flexibility index (Phi) is 8.24. The van der Waals surface area contributed by atoms with E-state index in [0.717, 1.165) is 12.1 Å². The van der Waals surface area contributed by atoms with Crippen LogP contribution in [0.2, 0.25) is 0 Å². The van der Waals surface area contributed by atoms with Gasteiger partial charge in [0.05, 0.1) is 26.4 Å². The Morgan fingerprint density at radius 1 is 0.659 bits per heavy atom. The van der Waals surface area contributed by atoms with Crippen molar-refractivity contribution in [2.24, 2.45) is 5.92 Å². The van der Waals surface area contributed by atoms with Crippen molar-refractivity contribution in [3.05, 3.63) is 99.6 Å². The summed E-state index contributed by atoms with van der Waals surface area (Å²) in [4.78, 5) is 0. The molecule has 2 heterocycles. The second kappa shape index (κ2) is 11.6. The summed E-state index contributed by atoms with van der Waals surface area (Å²) in [5.74, 6) is -10.2. The van der Waals surface area contributed by atoms with Crippen LogP contribution in [-0.4, -0.2) is 26.4 Å². The minimum atomic E-state index is -4.52. The maximum atomic E-state index is 14.9. The molecule has 0 atom stereocenters. The molecule has 0 amide bonds. The Morgan fingerprint density at radius 2 is 1.15 bits per heavy atom. The predicted octanol–water partition coefficient (Wildman–Crippen LogP) is 7.16. The van der Waals surface area contributed by atoms with Gasteiger partial charge in [0.2, 0.25) is 0 Å². The maximum Gasteiger partial charge on any atom is 0.432 e. The summed E-state index contributed by atoms with van der Waals surface area (Å²) in [7, 11) is 0. The second-order valence-corrected chi connectivity index (χ2v) is 9.76. The minimum Gasteiger partial charge on any atom is -0.429 e. The summed E-state index contributed by atoms with van der Waals surface area (Å²) >= 11 is 0. The molecule has 2 fully saturated rings. The van der Waals surface area contributed by atoms with Crippen LogP contribution in [0.5, 0.6) is 5.75 Å². The van der Waals surface area contributed by atoms with Gasteiger partial charge in [0.15, 0.2) is 30.0 Å². The van der Waals surface area contributed by atoms with Crippen molar-refractivity contribution in [1.29, 1.82) is 0 Å². The first-order valence-corrected chi connectivity index (χ1v) is 12.4. The molecule has 0 unspecified atom stereocenters. The fraction of sp³-hybridized carbons (Fsp3) is 0.357. The molecule has 2 aliphatic heterocycles. The molecule has 3 aromatic carbocycles. The molecule has 3 aromatic rings. The number of halogens is 8. The van der Waals surface area contributed by atoms with Gasteiger partial charge in [-0.05, 0) is 35.9 Å². The van der Waals surface area contributed by atoms with E-state index in [1.165, 1.54) is 0 Å². The molecule has 5 nitrogen and oxygen atoms in total. The number of benzene rings is 3. The van der Waals surface area contributed by atoms with Crippen LogP contribution in [0.1, 0.15) is 47.7 Å². The van der Waals surface area contributed by atoms with Crippen LogP contribution in [0.4, 0.5) is 35.1 Å². The predicted molar refractivity (Wildman–Crippen MR) is 125 cm³/mol. The highest BCUT2D eigenvalue weighted by molar-refractivity contribution is 5.34. The molecule has 5 rings (SSSR count). The third kappa shape index (κ3) is 6.17. The number of alkyl halides is 2. The molecule has 0 aromatic heterocycles. The smallest absolute Gasteiger partial charge is 0.429 e. The summed E-state index contributed by atoms with van der Waals surface area (Å²) in [6, 6.07) is 5.40. The summed E-state index contributed by atoms with van der Waals surface area (Å²) in [6.45, 7) is 1.94. The average Bonchev–Trinajstić information content (AvgIpc) is 2.91. The van der Waals surface area contributed by atoms with Crippen molar-refractivity contribution in [1.82, 2.24) is 0 Å². The van der Waals surface area contributed by atoms with E-state index in [1.54, 1.807) is 0 Å². The molecule has 2 aliphatic rings. The molecule has 0 N–H and O–H groups in total. The van der Waals surface area contributed by atoms with Crippen LogP contribution >= 0.6 is 0 Å². The average molecular weight is 590 g/mol. The van der Waals surface area contributed by atoms with Crippen LogP contribution in [0, 0.1) is 40.8 Å². The van der Waals surface area contributed by atoms with Crippen molar-refractivity contribution >= 4 is 0 Å². The van der Waals surface area contributed by atoms with Gasteiger partial charge >= 0.3 is 6.11 Å². The van der Waals surface area contributed by atoms with Crippen molar-refractivity contribution in [3.8, 4) is 5.75 Å². The Labute approximate surface area is 228 Å².